The van der Waals surface area contributed by atoms with Gasteiger partial charge in [-0.3, -0.25) is 9.59 Å². The Morgan fingerprint density at radius 1 is 0.810 bits per heavy atom. The molecule has 0 aliphatic rings. The summed E-state index contributed by atoms with van der Waals surface area (Å²) in [4.78, 5) is 26.6. The molecule has 0 aliphatic heterocycles. The third kappa shape index (κ3) is 3.66. The van der Waals surface area contributed by atoms with Gasteiger partial charge in [-0.2, -0.15) is 0 Å². The fraction of sp³-hybridized carbons (Fsp3) is 0.111. The van der Waals surface area contributed by atoms with Gasteiger partial charge in [0.05, 0.1) is 0 Å². The smallest absolute Gasteiger partial charge is 0.235 e. The molecular formula is C18H17NO2. The van der Waals surface area contributed by atoms with E-state index in [2.05, 4.69) is 0 Å². The molecule has 106 valence electrons. The fourth-order valence-electron chi connectivity index (χ4n) is 1.98. The Balaban J connectivity index is 2.39. The number of nitrogens with zero attached hydrogens (tertiary/aromatic N) is 1. The number of allylic oxidation sites excluding steroid dienone is 1. The fourth-order valence-corrected chi connectivity index (χ4v) is 1.98. The third-order valence-corrected chi connectivity index (χ3v) is 2.96. The summed E-state index contributed by atoms with van der Waals surface area (Å²) in [5.41, 5.74) is 1.54. The largest absolute Gasteiger partial charge is 0.383 e. The van der Waals surface area contributed by atoms with Gasteiger partial charge in [0, 0.05) is 31.4 Å². The molecule has 0 heterocycles. The van der Waals surface area contributed by atoms with Crippen LogP contribution in [0, 0.1) is 0 Å². The van der Waals surface area contributed by atoms with Crippen LogP contribution < -0.4 is 0 Å². The van der Waals surface area contributed by atoms with E-state index in [4.69, 9.17) is 0 Å². The van der Waals surface area contributed by atoms with Crippen LogP contribution in [0.25, 0.3) is 5.57 Å². The van der Waals surface area contributed by atoms with E-state index in [1.54, 1.807) is 35.4 Å². The Morgan fingerprint density at radius 2 is 1.29 bits per heavy atom. The van der Waals surface area contributed by atoms with E-state index >= 15 is 0 Å². The minimum Gasteiger partial charge on any atom is -0.383 e. The number of ketones is 2. The molecule has 2 aromatic rings. The van der Waals surface area contributed by atoms with Crippen LogP contribution >= 0.6 is 0 Å². The predicted molar refractivity (Wildman–Crippen MR) is 83.9 cm³/mol. The number of benzene rings is 2. The van der Waals surface area contributed by atoms with Crippen molar-refractivity contribution in [2.75, 3.05) is 14.1 Å². The lowest BCUT2D eigenvalue weighted by atomic mass is 9.96. The van der Waals surface area contributed by atoms with E-state index in [0.717, 1.165) is 5.56 Å². The van der Waals surface area contributed by atoms with Crippen LogP contribution in [0.3, 0.4) is 0 Å². The molecule has 2 rings (SSSR count). The number of carbonyl (C=O) groups excluding carboxylic acids is 2. The number of hydrogen-bond donors (Lipinski definition) is 0. The van der Waals surface area contributed by atoms with Gasteiger partial charge in [0.25, 0.3) is 0 Å². The van der Waals surface area contributed by atoms with Crippen molar-refractivity contribution < 1.29 is 9.59 Å². The van der Waals surface area contributed by atoms with Crippen LogP contribution in [0.2, 0.25) is 0 Å². The second kappa shape index (κ2) is 6.66. The zero-order chi connectivity index (χ0) is 15.2. The van der Waals surface area contributed by atoms with Crippen molar-refractivity contribution in [3.8, 4) is 0 Å². The van der Waals surface area contributed by atoms with Crippen molar-refractivity contribution in [1.29, 1.82) is 0 Å². The van der Waals surface area contributed by atoms with Gasteiger partial charge in [0.15, 0.2) is 0 Å². The first-order chi connectivity index (χ1) is 10.1. The monoisotopic (exact) mass is 279 g/mol. The summed E-state index contributed by atoms with van der Waals surface area (Å²) in [6.07, 6.45) is 1.68. The molecular weight excluding hydrogens is 262 g/mol. The van der Waals surface area contributed by atoms with Crippen molar-refractivity contribution in [2.45, 2.75) is 0 Å². The zero-order valence-electron chi connectivity index (χ0n) is 12.1. The normalized spacial score (nSPS) is 11.0. The molecule has 0 unspecified atom stereocenters. The highest BCUT2D eigenvalue weighted by Crippen LogP contribution is 2.18. The van der Waals surface area contributed by atoms with Gasteiger partial charge >= 0.3 is 0 Å². The molecule has 0 aromatic heterocycles. The standard InChI is InChI=1S/C18H17NO2/c1-19(2)13-16(14-9-5-3-6-10-14)18(21)17(20)15-11-7-4-8-12-15/h3-13H,1-2H3/b16-13+. The van der Waals surface area contributed by atoms with Crippen LogP contribution in [-0.4, -0.2) is 30.6 Å². The van der Waals surface area contributed by atoms with E-state index in [-0.39, 0.29) is 0 Å². The van der Waals surface area contributed by atoms with E-state index in [9.17, 15) is 9.59 Å². The van der Waals surface area contributed by atoms with Crippen molar-refractivity contribution >= 4 is 17.1 Å². The van der Waals surface area contributed by atoms with Crippen molar-refractivity contribution in [3.63, 3.8) is 0 Å². The molecule has 3 nitrogen and oxygen atoms in total. The topological polar surface area (TPSA) is 37.4 Å². The lowest BCUT2D eigenvalue weighted by Crippen LogP contribution is -2.18. The maximum atomic E-state index is 12.5. The third-order valence-electron chi connectivity index (χ3n) is 2.96. The summed E-state index contributed by atoms with van der Waals surface area (Å²) in [6, 6.07) is 17.8. The molecule has 21 heavy (non-hydrogen) atoms. The van der Waals surface area contributed by atoms with Gasteiger partial charge in [0.1, 0.15) is 0 Å². The minimum absolute atomic E-state index is 0.398. The average Bonchev–Trinajstić information content (AvgIpc) is 2.53. The lowest BCUT2D eigenvalue weighted by molar-refractivity contribution is -0.110. The molecule has 0 fully saturated rings. The Labute approximate surface area is 124 Å². The number of rotatable bonds is 5. The molecule has 0 atom stereocenters. The highest BCUT2D eigenvalue weighted by molar-refractivity contribution is 6.58. The van der Waals surface area contributed by atoms with E-state index in [1.807, 2.05) is 50.5 Å². The first-order valence-electron chi connectivity index (χ1n) is 6.67. The van der Waals surface area contributed by atoms with Gasteiger partial charge in [-0.25, -0.2) is 0 Å². The van der Waals surface area contributed by atoms with Gasteiger partial charge in [0.2, 0.25) is 11.6 Å². The summed E-state index contributed by atoms with van der Waals surface area (Å²) in [6.45, 7) is 0. The maximum absolute atomic E-state index is 12.5. The van der Waals surface area contributed by atoms with Gasteiger partial charge in [-0.05, 0) is 5.56 Å². The number of Topliss-reactive ketones (excluding diaryl/α,β-unsaturated/α-hetero) is 2. The Morgan fingerprint density at radius 3 is 1.76 bits per heavy atom. The van der Waals surface area contributed by atoms with E-state index in [0.29, 0.717) is 11.1 Å². The highest BCUT2D eigenvalue weighted by atomic mass is 16.2. The molecule has 0 N–H and O–H groups in total. The van der Waals surface area contributed by atoms with Crippen LogP contribution in [0.5, 0.6) is 0 Å². The van der Waals surface area contributed by atoms with Crippen molar-refractivity contribution in [2.24, 2.45) is 0 Å². The minimum atomic E-state index is -0.499. The number of hydrogen-bond acceptors (Lipinski definition) is 3. The molecule has 0 radical (unpaired) electrons. The van der Waals surface area contributed by atoms with E-state index in [1.165, 1.54) is 0 Å². The molecule has 0 bridgehead atoms. The average molecular weight is 279 g/mol. The molecule has 0 saturated heterocycles. The van der Waals surface area contributed by atoms with Gasteiger partial charge in [-0.15, -0.1) is 0 Å². The summed E-state index contributed by atoms with van der Waals surface area (Å²) in [7, 11) is 3.65. The van der Waals surface area contributed by atoms with Crippen molar-refractivity contribution in [1.82, 2.24) is 4.90 Å². The van der Waals surface area contributed by atoms with Gasteiger partial charge in [-0.1, -0.05) is 60.7 Å². The summed E-state index contributed by atoms with van der Waals surface area (Å²) < 4.78 is 0. The van der Waals surface area contributed by atoms with Crippen LogP contribution in [0.4, 0.5) is 0 Å². The van der Waals surface area contributed by atoms with Gasteiger partial charge < -0.3 is 4.90 Å². The highest BCUT2D eigenvalue weighted by Gasteiger charge is 2.21. The molecule has 0 spiro atoms. The zero-order valence-corrected chi connectivity index (χ0v) is 12.1. The summed E-state index contributed by atoms with van der Waals surface area (Å²) in [5, 5.41) is 0. The van der Waals surface area contributed by atoms with Crippen molar-refractivity contribution in [3.05, 3.63) is 78.0 Å². The quantitative estimate of drug-likeness (QED) is 0.479. The molecule has 3 heteroatoms. The summed E-state index contributed by atoms with van der Waals surface area (Å²) >= 11 is 0. The Kier molecular flexibility index (Phi) is 4.67. The second-order valence-electron chi connectivity index (χ2n) is 4.90. The molecule has 2 aromatic carbocycles. The first kappa shape index (κ1) is 14.7. The predicted octanol–water partition coefficient (Wildman–Crippen LogP) is 3.04. The Bertz CT molecular complexity index is 658. The van der Waals surface area contributed by atoms with Crippen LogP contribution in [0.1, 0.15) is 15.9 Å². The summed E-state index contributed by atoms with van der Waals surface area (Å²) in [5.74, 6) is -0.992. The first-order valence-corrected chi connectivity index (χ1v) is 6.67. The van der Waals surface area contributed by atoms with Crippen LogP contribution in [-0.2, 0) is 4.79 Å². The molecule has 0 saturated carbocycles. The molecule has 0 aliphatic carbocycles. The van der Waals surface area contributed by atoms with E-state index < -0.39 is 11.6 Å². The van der Waals surface area contributed by atoms with Crippen LogP contribution in [0.15, 0.2) is 66.9 Å². The maximum Gasteiger partial charge on any atom is 0.235 e. The SMILES string of the molecule is CN(C)/C=C(/C(=O)C(=O)c1ccccc1)c1ccccc1. The lowest BCUT2D eigenvalue weighted by Gasteiger charge is -2.11. The molecule has 0 amide bonds. The Hall–Kier alpha value is -2.68. The second-order valence-corrected chi connectivity index (χ2v) is 4.90. The number of carbonyl (C=O) groups is 2.